The molecule has 0 radical (unpaired) electrons. The predicted octanol–water partition coefficient (Wildman–Crippen LogP) is 2.01. The first kappa shape index (κ1) is 19.0. The van der Waals surface area contributed by atoms with Crippen molar-refractivity contribution in [2.45, 2.75) is 19.9 Å². The first-order valence-corrected chi connectivity index (χ1v) is 9.63. The molecule has 1 saturated heterocycles. The third-order valence-corrected chi connectivity index (χ3v) is 5.27. The maximum absolute atomic E-state index is 14.0. The van der Waals surface area contributed by atoms with E-state index in [4.69, 9.17) is 5.26 Å². The summed E-state index contributed by atoms with van der Waals surface area (Å²) < 4.78 is 18.4. The number of benzene rings is 1. The van der Waals surface area contributed by atoms with Crippen LogP contribution in [0.3, 0.4) is 0 Å². The Kier molecular flexibility index (Phi) is 6.19. The van der Waals surface area contributed by atoms with E-state index in [9.17, 15) is 4.39 Å². The SMILES string of the molecule is CCc1nsc(N2CCN(C(=NC)NCc3ccc(C#N)cc3F)CC2)n1. The van der Waals surface area contributed by atoms with Gasteiger partial charge < -0.3 is 15.1 Å². The summed E-state index contributed by atoms with van der Waals surface area (Å²) in [6, 6.07) is 6.45. The molecule has 0 aliphatic carbocycles. The number of guanidine groups is 1. The number of hydrogen-bond acceptors (Lipinski definition) is 6. The lowest BCUT2D eigenvalue weighted by Crippen LogP contribution is -2.52. The number of nitriles is 1. The molecule has 2 heterocycles. The number of aliphatic imine (C=N–C) groups is 1. The zero-order valence-corrected chi connectivity index (χ0v) is 16.3. The molecular formula is C18H22FN7S. The van der Waals surface area contributed by atoms with Gasteiger partial charge in [0.25, 0.3) is 0 Å². The molecule has 27 heavy (non-hydrogen) atoms. The van der Waals surface area contributed by atoms with Crippen molar-refractivity contribution in [1.82, 2.24) is 19.6 Å². The van der Waals surface area contributed by atoms with Crippen molar-refractivity contribution >= 4 is 22.6 Å². The Bertz CT molecular complexity index is 850. The molecule has 0 saturated carbocycles. The minimum atomic E-state index is -0.384. The molecule has 0 unspecified atom stereocenters. The van der Waals surface area contributed by atoms with Crippen LogP contribution >= 0.6 is 11.5 Å². The molecule has 1 fully saturated rings. The zero-order chi connectivity index (χ0) is 19.2. The Morgan fingerprint density at radius 3 is 2.74 bits per heavy atom. The lowest BCUT2D eigenvalue weighted by atomic mass is 10.1. The number of aryl methyl sites for hydroxylation is 1. The van der Waals surface area contributed by atoms with Crippen molar-refractivity contribution < 1.29 is 4.39 Å². The van der Waals surface area contributed by atoms with E-state index in [0.717, 1.165) is 49.5 Å². The van der Waals surface area contributed by atoms with Crippen LogP contribution in [-0.2, 0) is 13.0 Å². The molecule has 0 bridgehead atoms. The van der Waals surface area contributed by atoms with Gasteiger partial charge in [-0.1, -0.05) is 13.0 Å². The second kappa shape index (κ2) is 8.77. The lowest BCUT2D eigenvalue weighted by molar-refractivity contribution is 0.372. The van der Waals surface area contributed by atoms with Gasteiger partial charge in [-0.05, 0) is 12.1 Å². The van der Waals surface area contributed by atoms with Crippen LogP contribution in [0.5, 0.6) is 0 Å². The smallest absolute Gasteiger partial charge is 0.205 e. The molecule has 7 nitrogen and oxygen atoms in total. The summed E-state index contributed by atoms with van der Waals surface area (Å²) in [5, 5.41) is 13.0. The molecule has 142 valence electrons. The fourth-order valence-electron chi connectivity index (χ4n) is 2.89. The van der Waals surface area contributed by atoms with E-state index in [1.54, 1.807) is 19.2 Å². The van der Waals surface area contributed by atoms with Crippen molar-refractivity contribution in [2.75, 3.05) is 38.1 Å². The average Bonchev–Trinajstić information content (AvgIpc) is 3.19. The number of anilines is 1. The highest BCUT2D eigenvalue weighted by molar-refractivity contribution is 7.09. The summed E-state index contributed by atoms with van der Waals surface area (Å²) in [7, 11) is 1.72. The predicted molar refractivity (Wildman–Crippen MR) is 104 cm³/mol. The van der Waals surface area contributed by atoms with Crippen LogP contribution in [0.25, 0.3) is 0 Å². The minimum Gasteiger partial charge on any atom is -0.352 e. The topological polar surface area (TPSA) is 80.4 Å². The van der Waals surface area contributed by atoms with E-state index in [1.807, 2.05) is 6.07 Å². The van der Waals surface area contributed by atoms with Crippen LogP contribution in [0.2, 0.25) is 0 Å². The van der Waals surface area contributed by atoms with Gasteiger partial charge >= 0.3 is 0 Å². The normalized spacial score (nSPS) is 15.0. The van der Waals surface area contributed by atoms with Crippen LogP contribution in [0.4, 0.5) is 9.52 Å². The van der Waals surface area contributed by atoms with Crippen LogP contribution < -0.4 is 10.2 Å². The summed E-state index contributed by atoms with van der Waals surface area (Å²) in [5.41, 5.74) is 0.828. The lowest BCUT2D eigenvalue weighted by Gasteiger charge is -2.36. The molecule has 2 aromatic rings. The molecule has 0 spiro atoms. The van der Waals surface area contributed by atoms with Crippen molar-refractivity contribution in [1.29, 1.82) is 5.26 Å². The fraction of sp³-hybridized carbons (Fsp3) is 0.444. The van der Waals surface area contributed by atoms with E-state index in [2.05, 4.69) is 36.4 Å². The van der Waals surface area contributed by atoms with Gasteiger partial charge in [-0.3, -0.25) is 4.99 Å². The third-order valence-electron chi connectivity index (χ3n) is 4.45. The number of nitrogens with one attached hydrogen (secondary N) is 1. The second-order valence-corrected chi connectivity index (χ2v) is 6.87. The molecule has 3 rings (SSSR count). The third kappa shape index (κ3) is 4.52. The van der Waals surface area contributed by atoms with Gasteiger partial charge in [0.05, 0.1) is 11.6 Å². The highest BCUT2D eigenvalue weighted by atomic mass is 32.1. The standard InChI is InChI=1S/C18H22FN7S/c1-3-16-23-18(27-24-16)26-8-6-25(7-9-26)17(21-2)22-12-14-5-4-13(11-20)10-15(14)19/h4-5,10H,3,6-9,12H2,1-2H3,(H,21,22). The average molecular weight is 387 g/mol. The number of halogens is 1. The Balaban J connectivity index is 1.55. The Hall–Kier alpha value is -2.73. The van der Waals surface area contributed by atoms with Gasteiger partial charge in [0.15, 0.2) is 5.96 Å². The zero-order valence-electron chi connectivity index (χ0n) is 15.4. The van der Waals surface area contributed by atoms with Crippen molar-refractivity contribution in [3.8, 4) is 6.07 Å². The number of rotatable bonds is 4. The largest absolute Gasteiger partial charge is 0.352 e. The maximum atomic E-state index is 14.0. The Morgan fingerprint density at radius 1 is 1.37 bits per heavy atom. The second-order valence-electron chi connectivity index (χ2n) is 6.14. The Labute approximate surface area is 162 Å². The summed E-state index contributed by atoms with van der Waals surface area (Å²) in [6.07, 6.45) is 0.846. The number of aromatic nitrogens is 2. The van der Waals surface area contributed by atoms with Gasteiger partial charge in [-0.25, -0.2) is 9.37 Å². The van der Waals surface area contributed by atoms with Crippen molar-refractivity contribution in [3.05, 3.63) is 41.0 Å². The van der Waals surface area contributed by atoms with Gasteiger partial charge in [0.2, 0.25) is 5.13 Å². The van der Waals surface area contributed by atoms with E-state index in [1.165, 1.54) is 17.6 Å². The first-order valence-electron chi connectivity index (χ1n) is 8.86. The van der Waals surface area contributed by atoms with Gasteiger partial charge in [-0.15, -0.1) is 0 Å². The molecule has 1 aliphatic heterocycles. The summed E-state index contributed by atoms with van der Waals surface area (Å²) in [5.74, 6) is 1.24. The van der Waals surface area contributed by atoms with E-state index >= 15 is 0 Å². The maximum Gasteiger partial charge on any atom is 0.205 e. The Morgan fingerprint density at radius 2 is 2.15 bits per heavy atom. The monoisotopic (exact) mass is 387 g/mol. The number of hydrogen-bond donors (Lipinski definition) is 1. The van der Waals surface area contributed by atoms with Crippen molar-refractivity contribution in [3.63, 3.8) is 0 Å². The van der Waals surface area contributed by atoms with E-state index < -0.39 is 0 Å². The minimum absolute atomic E-state index is 0.319. The number of nitrogens with zero attached hydrogens (tertiary/aromatic N) is 6. The van der Waals surface area contributed by atoms with E-state index in [0.29, 0.717) is 17.7 Å². The molecular weight excluding hydrogens is 365 g/mol. The molecule has 1 aromatic carbocycles. The highest BCUT2D eigenvalue weighted by Gasteiger charge is 2.22. The van der Waals surface area contributed by atoms with Crippen LogP contribution in [0.15, 0.2) is 23.2 Å². The van der Waals surface area contributed by atoms with Crippen LogP contribution in [0.1, 0.15) is 23.9 Å². The fourth-order valence-corrected chi connectivity index (χ4v) is 3.69. The van der Waals surface area contributed by atoms with Crippen LogP contribution in [0, 0.1) is 17.1 Å². The van der Waals surface area contributed by atoms with E-state index in [-0.39, 0.29) is 5.82 Å². The number of piperazine rings is 1. The van der Waals surface area contributed by atoms with Gasteiger partial charge in [-0.2, -0.15) is 9.64 Å². The van der Waals surface area contributed by atoms with Gasteiger partial charge in [0, 0.05) is 63.3 Å². The summed E-state index contributed by atoms with van der Waals surface area (Å²) in [4.78, 5) is 13.3. The molecule has 0 atom stereocenters. The molecule has 9 heteroatoms. The van der Waals surface area contributed by atoms with Gasteiger partial charge in [0.1, 0.15) is 11.6 Å². The first-order chi connectivity index (χ1) is 13.1. The molecule has 1 aliphatic rings. The molecule has 1 aromatic heterocycles. The van der Waals surface area contributed by atoms with Crippen molar-refractivity contribution in [2.24, 2.45) is 4.99 Å². The van der Waals surface area contributed by atoms with Crippen LogP contribution in [-0.4, -0.2) is 53.4 Å². The molecule has 0 amide bonds. The summed E-state index contributed by atoms with van der Waals surface area (Å²) >= 11 is 1.44. The highest BCUT2D eigenvalue weighted by Crippen LogP contribution is 2.19. The summed E-state index contributed by atoms with van der Waals surface area (Å²) in [6.45, 7) is 5.65. The molecule has 1 N–H and O–H groups in total. The quantitative estimate of drug-likeness (QED) is 0.639.